The molecule has 3 aromatic carbocycles. The van der Waals surface area contributed by atoms with Gasteiger partial charge in [0.15, 0.2) is 18.1 Å². The lowest BCUT2D eigenvalue weighted by atomic mass is 10.1. The Labute approximate surface area is 221 Å². The Morgan fingerprint density at radius 1 is 0.973 bits per heavy atom. The molecule has 2 amide bonds. The van der Waals surface area contributed by atoms with Crippen LogP contribution in [0.25, 0.3) is 6.08 Å². The molecule has 0 aliphatic rings. The number of anilines is 2. The van der Waals surface area contributed by atoms with Crippen LogP contribution in [-0.4, -0.2) is 38.6 Å². The molecule has 0 aliphatic carbocycles. The fourth-order valence-electron chi connectivity index (χ4n) is 3.14. The Kier molecular flexibility index (Phi) is 9.41. The summed E-state index contributed by atoms with van der Waals surface area (Å²) in [6.45, 7) is -0.264. The number of methoxy groups -OCH3 is 2. The van der Waals surface area contributed by atoms with Crippen molar-refractivity contribution >= 4 is 51.2 Å². The Balaban J connectivity index is 1.72. The molecule has 0 bridgehead atoms. The molecular formula is C27H22BrN3O6. The first-order valence-electron chi connectivity index (χ1n) is 10.8. The summed E-state index contributed by atoms with van der Waals surface area (Å²) >= 11 is 3.40. The van der Waals surface area contributed by atoms with E-state index >= 15 is 0 Å². The first-order valence-corrected chi connectivity index (χ1v) is 11.6. The van der Waals surface area contributed by atoms with Gasteiger partial charge in [0, 0.05) is 11.4 Å². The minimum Gasteiger partial charge on any atom is -0.493 e. The van der Waals surface area contributed by atoms with Gasteiger partial charge in [-0.1, -0.05) is 18.2 Å². The zero-order chi connectivity index (χ0) is 26.8. The summed E-state index contributed by atoms with van der Waals surface area (Å²) in [5.41, 5.74) is 1.69. The summed E-state index contributed by atoms with van der Waals surface area (Å²) in [5, 5.41) is 14.9. The average molecular weight is 564 g/mol. The molecule has 0 saturated carbocycles. The second kappa shape index (κ2) is 12.9. The number of nitrogens with zero attached hydrogens (tertiary/aromatic N) is 1. The minimum atomic E-state index is -0.638. The van der Waals surface area contributed by atoms with Crippen LogP contribution in [-0.2, 0) is 14.3 Å². The molecule has 188 valence electrons. The van der Waals surface area contributed by atoms with Crippen LogP contribution in [0.15, 0.2) is 76.8 Å². The maximum atomic E-state index is 12.7. The van der Waals surface area contributed by atoms with Crippen LogP contribution in [0, 0.1) is 11.3 Å². The van der Waals surface area contributed by atoms with Gasteiger partial charge < -0.3 is 24.8 Å². The molecule has 0 aromatic heterocycles. The van der Waals surface area contributed by atoms with Gasteiger partial charge in [-0.15, -0.1) is 0 Å². The number of benzene rings is 3. The standard InChI is InChI=1S/C27H22BrN3O6/c1-35-23-14-17(13-22(28)25(23)37-16-24(32)30-20-6-4-3-5-7-20)12-19(15-29)26(33)31-21-10-8-18(9-11-21)27(34)36-2/h3-14H,16H2,1-2H3,(H,30,32)(H,31,33)/b19-12+. The van der Waals surface area contributed by atoms with Crippen molar-refractivity contribution in [3.63, 3.8) is 0 Å². The highest BCUT2D eigenvalue weighted by Crippen LogP contribution is 2.37. The summed E-state index contributed by atoms with van der Waals surface area (Å²) in [5.74, 6) is -0.909. The molecule has 0 saturated heterocycles. The predicted octanol–water partition coefficient (Wildman–Crippen LogP) is 4.81. The molecule has 9 nitrogen and oxygen atoms in total. The van der Waals surface area contributed by atoms with Crippen LogP contribution in [0.5, 0.6) is 11.5 Å². The lowest BCUT2D eigenvalue weighted by molar-refractivity contribution is -0.118. The van der Waals surface area contributed by atoms with E-state index in [4.69, 9.17) is 9.47 Å². The van der Waals surface area contributed by atoms with Crippen molar-refractivity contribution in [2.75, 3.05) is 31.5 Å². The number of esters is 1. The fourth-order valence-corrected chi connectivity index (χ4v) is 3.71. The van der Waals surface area contributed by atoms with Gasteiger partial charge in [-0.2, -0.15) is 5.26 Å². The van der Waals surface area contributed by atoms with Crippen molar-refractivity contribution in [2.45, 2.75) is 0 Å². The third-order valence-corrected chi connectivity index (χ3v) is 5.49. The van der Waals surface area contributed by atoms with Gasteiger partial charge >= 0.3 is 5.97 Å². The maximum absolute atomic E-state index is 12.7. The normalized spacial score (nSPS) is 10.6. The summed E-state index contributed by atoms with van der Waals surface area (Å²) in [7, 11) is 2.71. The summed E-state index contributed by atoms with van der Waals surface area (Å²) in [4.78, 5) is 36.4. The van der Waals surface area contributed by atoms with E-state index in [-0.39, 0.29) is 23.8 Å². The summed E-state index contributed by atoms with van der Waals surface area (Å²) in [6.07, 6.45) is 1.39. The highest BCUT2D eigenvalue weighted by Gasteiger charge is 2.16. The van der Waals surface area contributed by atoms with Crippen molar-refractivity contribution in [3.05, 3.63) is 87.9 Å². The van der Waals surface area contributed by atoms with Gasteiger partial charge in [0.25, 0.3) is 11.8 Å². The lowest BCUT2D eigenvalue weighted by Gasteiger charge is -2.14. The van der Waals surface area contributed by atoms with Crippen LogP contribution in [0.4, 0.5) is 11.4 Å². The van der Waals surface area contributed by atoms with Crippen LogP contribution < -0.4 is 20.1 Å². The first kappa shape index (κ1) is 27.0. The highest BCUT2D eigenvalue weighted by molar-refractivity contribution is 9.10. The highest BCUT2D eigenvalue weighted by atomic mass is 79.9. The maximum Gasteiger partial charge on any atom is 0.337 e. The number of hydrogen-bond acceptors (Lipinski definition) is 7. The quantitative estimate of drug-likeness (QED) is 0.217. The van der Waals surface area contributed by atoms with E-state index in [1.807, 2.05) is 12.1 Å². The van der Waals surface area contributed by atoms with Crippen LogP contribution in [0.3, 0.4) is 0 Å². The van der Waals surface area contributed by atoms with E-state index in [1.54, 1.807) is 36.4 Å². The van der Waals surface area contributed by atoms with Gasteiger partial charge in [0.1, 0.15) is 11.6 Å². The Morgan fingerprint density at radius 3 is 2.27 bits per heavy atom. The van der Waals surface area contributed by atoms with Crippen molar-refractivity contribution in [1.29, 1.82) is 5.26 Å². The van der Waals surface area contributed by atoms with E-state index in [9.17, 15) is 19.6 Å². The fraction of sp³-hybridized carbons (Fsp3) is 0.111. The number of nitriles is 1. The minimum absolute atomic E-state index is 0.165. The zero-order valence-corrected chi connectivity index (χ0v) is 21.5. The number of rotatable bonds is 9. The number of hydrogen-bond donors (Lipinski definition) is 2. The molecule has 0 radical (unpaired) electrons. The topological polar surface area (TPSA) is 127 Å². The van der Waals surface area contributed by atoms with E-state index in [1.165, 1.54) is 44.6 Å². The molecule has 0 atom stereocenters. The zero-order valence-electron chi connectivity index (χ0n) is 19.9. The Hall–Kier alpha value is -4.62. The molecule has 0 spiro atoms. The first-order chi connectivity index (χ1) is 17.8. The molecule has 0 aliphatic heterocycles. The van der Waals surface area contributed by atoms with Crippen molar-refractivity contribution in [1.82, 2.24) is 0 Å². The van der Waals surface area contributed by atoms with Gasteiger partial charge in [-0.3, -0.25) is 9.59 Å². The third kappa shape index (κ3) is 7.43. The largest absolute Gasteiger partial charge is 0.493 e. The van der Waals surface area contributed by atoms with Crippen LogP contribution in [0.2, 0.25) is 0 Å². The number of carbonyl (C=O) groups is 3. The number of ether oxygens (including phenoxy) is 3. The molecule has 10 heteroatoms. The lowest BCUT2D eigenvalue weighted by Crippen LogP contribution is -2.20. The van der Waals surface area contributed by atoms with Crippen molar-refractivity contribution in [3.8, 4) is 17.6 Å². The van der Waals surface area contributed by atoms with Crippen molar-refractivity contribution < 1.29 is 28.6 Å². The van der Waals surface area contributed by atoms with Gasteiger partial charge in [0.05, 0.1) is 24.3 Å². The summed E-state index contributed by atoms with van der Waals surface area (Å²) in [6, 6.07) is 20.1. The Morgan fingerprint density at radius 2 is 1.65 bits per heavy atom. The number of nitrogens with one attached hydrogen (secondary N) is 2. The molecule has 3 aromatic rings. The number of para-hydroxylation sites is 1. The second-order valence-electron chi connectivity index (χ2n) is 7.43. The van der Waals surface area contributed by atoms with Crippen molar-refractivity contribution in [2.24, 2.45) is 0 Å². The van der Waals surface area contributed by atoms with E-state index in [2.05, 4.69) is 31.3 Å². The molecular weight excluding hydrogens is 542 g/mol. The Bertz CT molecular complexity index is 1370. The molecule has 0 heterocycles. The van der Waals surface area contributed by atoms with E-state index in [0.29, 0.717) is 32.7 Å². The number of carbonyl (C=O) groups excluding carboxylic acids is 3. The smallest absolute Gasteiger partial charge is 0.337 e. The molecule has 0 fully saturated rings. The number of halogens is 1. The van der Waals surface area contributed by atoms with Gasteiger partial charge in [-0.25, -0.2) is 4.79 Å². The third-order valence-electron chi connectivity index (χ3n) is 4.90. The second-order valence-corrected chi connectivity index (χ2v) is 8.28. The predicted molar refractivity (Wildman–Crippen MR) is 141 cm³/mol. The van der Waals surface area contributed by atoms with Crippen LogP contribution in [0.1, 0.15) is 15.9 Å². The van der Waals surface area contributed by atoms with E-state index < -0.39 is 11.9 Å². The monoisotopic (exact) mass is 563 g/mol. The SMILES string of the molecule is COC(=O)c1ccc(NC(=O)/C(C#N)=C/c2cc(Br)c(OCC(=O)Nc3ccccc3)c(OC)c2)cc1. The van der Waals surface area contributed by atoms with Gasteiger partial charge in [0.2, 0.25) is 0 Å². The molecule has 0 unspecified atom stereocenters. The van der Waals surface area contributed by atoms with Gasteiger partial charge in [-0.05, 0) is 76.1 Å². The average Bonchev–Trinajstić information content (AvgIpc) is 2.91. The summed E-state index contributed by atoms with van der Waals surface area (Å²) < 4.78 is 16.2. The van der Waals surface area contributed by atoms with Crippen LogP contribution >= 0.6 is 15.9 Å². The number of amides is 2. The molecule has 37 heavy (non-hydrogen) atoms. The molecule has 2 N–H and O–H groups in total. The molecule has 3 rings (SSSR count). The van der Waals surface area contributed by atoms with E-state index in [0.717, 1.165) is 0 Å².